The summed E-state index contributed by atoms with van der Waals surface area (Å²) < 4.78 is 0. The molecule has 6 heteroatoms. The lowest BCUT2D eigenvalue weighted by Crippen LogP contribution is -2.47. The van der Waals surface area contributed by atoms with Crippen molar-refractivity contribution in [2.45, 2.75) is 63.2 Å². The zero-order chi connectivity index (χ0) is 16.5. The first-order valence-corrected chi connectivity index (χ1v) is 8.98. The maximum Gasteiger partial charge on any atom is 0.317 e. The van der Waals surface area contributed by atoms with Gasteiger partial charge in [0.1, 0.15) is 0 Å². The maximum absolute atomic E-state index is 12.6. The third-order valence-electron chi connectivity index (χ3n) is 5.66. The average Bonchev–Trinajstić information content (AvgIpc) is 3.28. The molecule has 1 aliphatic carbocycles. The first-order valence-electron chi connectivity index (χ1n) is 8.98. The summed E-state index contributed by atoms with van der Waals surface area (Å²) >= 11 is 0. The minimum atomic E-state index is 0.0213. The number of rotatable bonds is 3. The number of likely N-dealkylation sites (tertiary alicyclic amines) is 2. The standard InChI is InChI=1S/C18H24N4O2/c23-17-11-16-15(22(17)12-13-5-8-19-9-6-13)7-10-21(16)18(24)20-14-3-1-2-4-14/h5-6,8-9,14-16H,1-4,7,10-12H2,(H,20,24)/t15-,16+/m0/s1. The predicted molar refractivity (Wildman–Crippen MR) is 89.1 cm³/mol. The van der Waals surface area contributed by atoms with Crippen LogP contribution in [0.25, 0.3) is 0 Å². The van der Waals surface area contributed by atoms with Gasteiger partial charge in [0.2, 0.25) is 5.91 Å². The van der Waals surface area contributed by atoms with E-state index in [9.17, 15) is 9.59 Å². The molecule has 0 bridgehead atoms. The summed E-state index contributed by atoms with van der Waals surface area (Å²) in [5.41, 5.74) is 1.09. The third-order valence-corrected chi connectivity index (χ3v) is 5.66. The number of nitrogens with zero attached hydrogens (tertiary/aromatic N) is 3. The summed E-state index contributed by atoms with van der Waals surface area (Å²) in [6.07, 6.45) is 9.41. The topological polar surface area (TPSA) is 65.5 Å². The number of hydrogen-bond donors (Lipinski definition) is 1. The van der Waals surface area contributed by atoms with E-state index in [0.29, 0.717) is 19.0 Å². The van der Waals surface area contributed by atoms with Crippen molar-refractivity contribution in [3.8, 4) is 0 Å². The Morgan fingerprint density at radius 2 is 1.92 bits per heavy atom. The van der Waals surface area contributed by atoms with Gasteiger partial charge in [-0.2, -0.15) is 0 Å². The van der Waals surface area contributed by atoms with Gasteiger partial charge < -0.3 is 15.1 Å². The number of amides is 3. The van der Waals surface area contributed by atoms with Gasteiger partial charge in [-0.1, -0.05) is 12.8 Å². The Morgan fingerprint density at radius 1 is 1.17 bits per heavy atom. The van der Waals surface area contributed by atoms with Gasteiger partial charge in [-0.05, 0) is 37.0 Å². The van der Waals surface area contributed by atoms with Crippen molar-refractivity contribution in [1.82, 2.24) is 20.1 Å². The van der Waals surface area contributed by atoms with E-state index >= 15 is 0 Å². The third kappa shape index (κ3) is 2.85. The van der Waals surface area contributed by atoms with Crippen LogP contribution in [0, 0.1) is 0 Å². The van der Waals surface area contributed by atoms with Crippen molar-refractivity contribution in [3.63, 3.8) is 0 Å². The highest BCUT2D eigenvalue weighted by atomic mass is 16.2. The van der Waals surface area contributed by atoms with Crippen molar-refractivity contribution < 1.29 is 9.59 Å². The predicted octanol–water partition coefficient (Wildman–Crippen LogP) is 1.91. The average molecular weight is 328 g/mol. The Balaban J connectivity index is 1.42. The molecule has 3 fully saturated rings. The summed E-state index contributed by atoms with van der Waals surface area (Å²) in [5, 5.41) is 3.16. The molecule has 3 heterocycles. The van der Waals surface area contributed by atoms with Crippen LogP contribution < -0.4 is 5.32 Å². The first kappa shape index (κ1) is 15.4. The van der Waals surface area contributed by atoms with Crippen molar-refractivity contribution in [2.24, 2.45) is 0 Å². The van der Waals surface area contributed by atoms with E-state index in [1.165, 1.54) is 12.8 Å². The van der Waals surface area contributed by atoms with E-state index in [4.69, 9.17) is 0 Å². The minimum Gasteiger partial charge on any atom is -0.335 e. The van der Waals surface area contributed by atoms with Gasteiger partial charge in [-0.15, -0.1) is 0 Å². The Kier molecular flexibility index (Phi) is 4.12. The molecular weight excluding hydrogens is 304 g/mol. The molecule has 0 aromatic carbocycles. The van der Waals surface area contributed by atoms with E-state index < -0.39 is 0 Å². The van der Waals surface area contributed by atoms with Crippen molar-refractivity contribution in [3.05, 3.63) is 30.1 Å². The lowest BCUT2D eigenvalue weighted by atomic mass is 10.1. The summed E-state index contributed by atoms with van der Waals surface area (Å²) in [6.45, 7) is 1.36. The van der Waals surface area contributed by atoms with Crippen LogP contribution in [0.1, 0.15) is 44.1 Å². The Labute approximate surface area is 142 Å². The number of aromatic nitrogens is 1. The molecule has 24 heavy (non-hydrogen) atoms. The highest BCUT2D eigenvalue weighted by Gasteiger charge is 2.48. The molecule has 3 aliphatic rings. The van der Waals surface area contributed by atoms with Gasteiger partial charge in [0, 0.05) is 37.9 Å². The number of nitrogens with one attached hydrogen (secondary N) is 1. The SMILES string of the molecule is O=C(NC1CCCC1)N1CC[C@H]2[C@H]1CC(=O)N2Cc1ccncc1. The molecule has 1 aromatic rings. The first-order chi connectivity index (χ1) is 11.7. The van der Waals surface area contributed by atoms with Crippen LogP contribution in [0.5, 0.6) is 0 Å². The van der Waals surface area contributed by atoms with Crippen LogP contribution >= 0.6 is 0 Å². The number of carbonyl (C=O) groups excluding carboxylic acids is 2. The molecule has 6 nitrogen and oxygen atoms in total. The fraction of sp³-hybridized carbons (Fsp3) is 0.611. The normalized spacial score (nSPS) is 26.9. The van der Waals surface area contributed by atoms with Crippen LogP contribution in [0.15, 0.2) is 24.5 Å². The summed E-state index contributed by atoms with van der Waals surface area (Å²) in [4.78, 5) is 32.9. The monoisotopic (exact) mass is 328 g/mol. The van der Waals surface area contributed by atoms with Crippen molar-refractivity contribution in [1.29, 1.82) is 0 Å². The van der Waals surface area contributed by atoms with E-state index in [1.54, 1.807) is 12.4 Å². The van der Waals surface area contributed by atoms with Crippen LogP contribution in [-0.2, 0) is 11.3 Å². The quantitative estimate of drug-likeness (QED) is 0.922. The fourth-order valence-electron chi connectivity index (χ4n) is 4.40. The Hall–Kier alpha value is -2.11. The zero-order valence-corrected chi connectivity index (χ0v) is 13.9. The molecule has 1 aromatic heterocycles. The molecule has 1 saturated carbocycles. The highest BCUT2D eigenvalue weighted by molar-refractivity contribution is 5.83. The number of urea groups is 1. The highest BCUT2D eigenvalue weighted by Crippen LogP contribution is 2.33. The van der Waals surface area contributed by atoms with Crippen LogP contribution in [0.4, 0.5) is 4.79 Å². The molecule has 0 unspecified atom stereocenters. The summed E-state index contributed by atoms with van der Waals surface area (Å²) in [7, 11) is 0. The van der Waals surface area contributed by atoms with Crippen LogP contribution in [0.2, 0.25) is 0 Å². The molecule has 2 saturated heterocycles. The smallest absolute Gasteiger partial charge is 0.317 e. The van der Waals surface area contributed by atoms with Gasteiger partial charge in [-0.25, -0.2) is 4.79 Å². The zero-order valence-electron chi connectivity index (χ0n) is 13.9. The van der Waals surface area contributed by atoms with E-state index in [1.807, 2.05) is 21.9 Å². The van der Waals surface area contributed by atoms with Gasteiger partial charge in [0.05, 0.1) is 12.1 Å². The molecule has 0 spiro atoms. The molecule has 3 amide bonds. The number of hydrogen-bond acceptors (Lipinski definition) is 3. The minimum absolute atomic E-state index is 0.0213. The number of fused-ring (bicyclic) bond motifs is 1. The fourth-order valence-corrected chi connectivity index (χ4v) is 4.40. The number of pyridine rings is 1. The van der Waals surface area contributed by atoms with E-state index in [2.05, 4.69) is 10.3 Å². The van der Waals surface area contributed by atoms with Crippen LogP contribution in [0.3, 0.4) is 0 Å². The summed E-state index contributed by atoms with van der Waals surface area (Å²) in [5.74, 6) is 0.153. The molecule has 0 radical (unpaired) electrons. The molecule has 4 rings (SSSR count). The molecule has 2 atom stereocenters. The van der Waals surface area contributed by atoms with E-state index in [-0.39, 0.29) is 24.0 Å². The Morgan fingerprint density at radius 3 is 2.67 bits per heavy atom. The largest absolute Gasteiger partial charge is 0.335 e. The summed E-state index contributed by atoms with van der Waals surface area (Å²) in [6, 6.07) is 4.41. The van der Waals surface area contributed by atoms with Crippen molar-refractivity contribution in [2.75, 3.05) is 6.54 Å². The van der Waals surface area contributed by atoms with Gasteiger partial charge in [-0.3, -0.25) is 9.78 Å². The lowest BCUT2D eigenvalue weighted by Gasteiger charge is -2.26. The van der Waals surface area contributed by atoms with E-state index in [0.717, 1.165) is 31.4 Å². The van der Waals surface area contributed by atoms with Gasteiger partial charge >= 0.3 is 6.03 Å². The molecule has 128 valence electrons. The van der Waals surface area contributed by atoms with Crippen molar-refractivity contribution >= 4 is 11.9 Å². The van der Waals surface area contributed by atoms with Crippen LogP contribution in [-0.4, -0.2) is 51.4 Å². The second-order valence-corrected chi connectivity index (χ2v) is 7.13. The molecule has 2 aliphatic heterocycles. The second kappa shape index (κ2) is 6.42. The lowest BCUT2D eigenvalue weighted by molar-refractivity contribution is -0.129. The van der Waals surface area contributed by atoms with Gasteiger partial charge in [0.25, 0.3) is 0 Å². The molecular formula is C18H24N4O2. The second-order valence-electron chi connectivity index (χ2n) is 7.13. The Bertz CT molecular complexity index is 615. The maximum atomic E-state index is 12.6. The van der Waals surface area contributed by atoms with Gasteiger partial charge in [0.15, 0.2) is 0 Å². The molecule has 1 N–H and O–H groups in total. The number of carbonyl (C=O) groups is 2.